The Kier molecular flexibility index (Phi) is 2.70. The van der Waals surface area contributed by atoms with Crippen LogP contribution < -0.4 is 11.3 Å². The van der Waals surface area contributed by atoms with Crippen molar-refractivity contribution in [3.05, 3.63) is 29.3 Å². The molecule has 5 heteroatoms. The fourth-order valence-corrected chi connectivity index (χ4v) is 1.62. The number of fused-ring (bicyclic) bond motifs is 1. The van der Waals surface area contributed by atoms with Crippen molar-refractivity contribution >= 4 is 16.7 Å². The second-order valence-electron chi connectivity index (χ2n) is 3.55. The van der Waals surface area contributed by atoms with E-state index in [1.54, 1.807) is 13.0 Å². The summed E-state index contributed by atoms with van der Waals surface area (Å²) in [6.45, 7) is 3.64. The smallest absolute Gasteiger partial charge is 0.151 e. The maximum Gasteiger partial charge on any atom is 0.151 e. The Labute approximate surface area is 92.7 Å². The summed E-state index contributed by atoms with van der Waals surface area (Å²) in [6.07, 6.45) is 0.681. The highest BCUT2D eigenvalue weighted by Gasteiger charge is 2.10. The fraction of sp³-hybridized carbons (Fsp3) is 0.273. The Morgan fingerprint density at radius 2 is 2.12 bits per heavy atom. The van der Waals surface area contributed by atoms with Crippen LogP contribution in [0.25, 0.3) is 10.9 Å². The minimum atomic E-state index is -0.267. The largest absolute Gasteiger partial charge is 0.308 e. The summed E-state index contributed by atoms with van der Waals surface area (Å²) in [7, 11) is 0. The number of nitrogen functional groups attached to an aromatic ring is 1. The van der Waals surface area contributed by atoms with E-state index in [2.05, 4.69) is 15.4 Å². The van der Waals surface area contributed by atoms with Crippen molar-refractivity contribution in [2.45, 2.75) is 20.3 Å². The molecule has 3 N–H and O–H groups in total. The topological polar surface area (TPSA) is 63.8 Å². The molecular formula is C11H13FN4. The lowest BCUT2D eigenvalue weighted by molar-refractivity contribution is 0.620. The van der Waals surface area contributed by atoms with E-state index in [-0.39, 0.29) is 5.82 Å². The number of hydrogen-bond donors (Lipinski definition) is 2. The first-order chi connectivity index (χ1) is 7.67. The van der Waals surface area contributed by atoms with Crippen LogP contribution in [-0.2, 0) is 6.42 Å². The van der Waals surface area contributed by atoms with Crippen LogP contribution >= 0.6 is 0 Å². The normalized spacial score (nSPS) is 10.8. The molecule has 0 fully saturated rings. The zero-order valence-corrected chi connectivity index (χ0v) is 9.21. The van der Waals surface area contributed by atoms with Crippen LogP contribution in [0.5, 0.6) is 0 Å². The third-order valence-corrected chi connectivity index (χ3v) is 2.55. The van der Waals surface area contributed by atoms with Crippen LogP contribution in [0, 0.1) is 12.7 Å². The molecule has 0 saturated carbocycles. The molecule has 0 aliphatic carbocycles. The van der Waals surface area contributed by atoms with Gasteiger partial charge in [-0.3, -0.25) is 0 Å². The lowest BCUT2D eigenvalue weighted by Gasteiger charge is -2.09. The maximum absolute atomic E-state index is 13.4. The van der Waals surface area contributed by atoms with Crippen LogP contribution in [0.15, 0.2) is 12.1 Å². The van der Waals surface area contributed by atoms with Crippen molar-refractivity contribution in [2.24, 2.45) is 5.84 Å². The van der Waals surface area contributed by atoms with Gasteiger partial charge in [-0.1, -0.05) is 6.92 Å². The SMILES string of the molecule is CCc1nc(NN)c2ccc(F)c(C)c2n1. The molecule has 1 aromatic heterocycles. The molecule has 0 bridgehead atoms. The fourth-order valence-electron chi connectivity index (χ4n) is 1.62. The number of rotatable bonds is 2. The highest BCUT2D eigenvalue weighted by atomic mass is 19.1. The van der Waals surface area contributed by atoms with Crippen LogP contribution in [0.2, 0.25) is 0 Å². The van der Waals surface area contributed by atoms with E-state index in [4.69, 9.17) is 5.84 Å². The van der Waals surface area contributed by atoms with Gasteiger partial charge >= 0.3 is 0 Å². The number of hydrogen-bond acceptors (Lipinski definition) is 4. The quantitative estimate of drug-likeness (QED) is 0.599. The molecule has 0 aliphatic rings. The zero-order valence-electron chi connectivity index (χ0n) is 9.21. The molecular weight excluding hydrogens is 207 g/mol. The van der Waals surface area contributed by atoms with E-state index >= 15 is 0 Å². The second kappa shape index (κ2) is 4.02. The maximum atomic E-state index is 13.4. The zero-order chi connectivity index (χ0) is 11.7. The van der Waals surface area contributed by atoms with Gasteiger partial charge in [-0.25, -0.2) is 20.2 Å². The second-order valence-corrected chi connectivity index (χ2v) is 3.55. The van der Waals surface area contributed by atoms with Gasteiger partial charge in [-0.05, 0) is 19.1 Å². The number of aromatic nitrogens is 2. The van der Waals surface area contributed by atoms with E-state index < -0.39 is 0 Å². The lowest BCUT2D eigenvalue weighted by atomic mass is 10.1. The number of nitrogens with zero attached hydrogens (tertiary/aromatic N) is 2. The summed E-state index contributed by atoms with van der Waals surface area (Å²) in [5, 5.41) is 0.735. The summed E-state index contributed by atoms with van der Waals surface area (Å²) in [4.78, 5) is 8.55. The Hall–Kier alpha value is -1.75. The van der Waals surface area contributed by atoms with Crippen molar-refractivity contribution in [3.63, 3.8) is 0 Å². The molecule has 0 unspecified atom stereocenters. The van der Waals surface area contributed by atoms with Gasteiger partial charge in [0.05, 0.1) is 5.52 Å². The standard InChI is InChI=1S/C11H13FN4/c1-3-9-14-10-6(2)8(12)5-4-7(10)11(15-9)16-13/h4-5H,3,13H2,1-2H3,(H,14,15,16). The average Bonchev–Trinajstić information content (AvgIpc) is 2.32. The molecule has 2 rings (SSSR count). The van der Waals surface area contributed by atoms with Crippen LogP contribution in [0.3, 0.4) is 0 Å². The van der Waals surface area contributed by atoms with Gasteiger partial charge in [0, 0.05) is 17.4 Å². The molecule has 16 heavy (non-hydrogen) atoms. The Morgan fingerprint density at radius 3 is 2.75 bits per heavy atom. The molecule has 0 amide bonds. The first kappa shape index (κ1) is 10.8. The van der Waals surface area contributed by atoms with Gasteiger partial charge in [0.1, 0.15) is 11.6 Å². The first-order valence-corrected chi connectivity index (χ1v) is 5.09. The van der Waals surface area contributed by atoms with Crippen molar-refractivity contribution < 1.29 is 4.39 Å². The molecule has 84 valence electrons. The molecule has 0 aliphatic heterocycles. The van der Waals surface area contributed by atoms with Gasteiger partial charge in [-0.15, -0.1) is 0 Å². The van der Waals surface area contributed by atoms with E-state index in [0.29, 0.717) is 29.1 Å². The van der Waals surface area contributed by atoms with Gasteiger partial charge < -0.3 is 5.43 Å². The van der Waals surface area contributed by atoms with Crippen molar-refractivity contribution in [1.29, 1.82) is 0 Å². The van der Waals surface area contributed by atoms with Crippen molar-refractivity contribution in [3.8, 4) is 0 Å². The summed E-state index contributed by atoms with van der Waals surface area (Å²) < 4.78 is 13.4. The van der Waals surface area contributed by atoms with Gasteiger partial charge in [0.25, 0.3) is 0 Å². The predicted molar refractivity (Wildman–Crippen MR) is 61.4 cm³/mol. The van der Waals surface area contributed by atoms with E-state index in [0.717, 1.165) is 5.39 Å². The van der Waals surface area contributed by atoms with E-state index in [1.165, 1.54) is 6.07 Å². The number of nitrogens with one attached hydrogen (secondary N) is 1. The lowest BCUT2D eigenvalue weighted by Crippen LogP contribution is -2.11. The van der Waals surface area contributed by atoms with E-state index in [1.807, 2.05) is 6.92 Å². The Morgan fingerprint density at radius 1 is 1.38 bits per heavy atom. The van der Waals surface area contributed by atoms with Gasteiger partial charge in [0.15, 0.2) is 5.82 Å². The number of nitrogens with two attached hydrogens (primary N) is 1. The summed E-state index contributed by atoms with van der Waals surface area (Å²) in [6, 6.07) is 3.03. The third-order valence-electron chi connectivity index (χ3n) is 2.55. The summed E-state index contributed by atoms with van der Waals surface area (Å²) in [5.74, 6) is 6.31. The van der Waals surface area contributed by atoms with Crippen LogP contribution in [0.1, 0.15) is 18.3 Å². The highest BCUT2D eigenvalue weighted by Crippen LogP contribution is 2.24. The molecule has 0 saturated heterocycles. The molecule has 1 aromatic carbocycles. The van der Waals surface area contributed by atoms with Crippen LogP contribution in [-0.4, -0.2) is 9.97 Å². The minimum Gasteiger partial charge on any atom is -0.308 e. The molecule has 0 atom stereocenters. The Bertz CT molecular complexity index is 539. The number of benzene rings is 1. The number of hydrazine groups is 1. The predicted octanol–water partition coefficient (Wildman–Crippen LogP) is 1.93. The average molecular weight is 220 g/mol. The summed E-state index contributed by atoms with van der Waals surface area (Å²) in [5.41, 5.74) is 3.65. The molecule has 0 radical (unpaired) electrons. The number of aryl methyl sites for hydroxylation is 2. The number of halogens is 1. The van der Waals surface area contributed by atoms with Crippen LogP contribution in [0.4, 0.5) is 10.2 Å². The first-order valence-electron chi connectivity index (χ1n) is 5.09. The van der Waals surface area contributed by atoms with Crippen molar-refractivity contribution in [1.82, 2.24) is 9.97 Å². The Balaban J connectivity index is 2.84. The third kappa shape index (κ3) is 1.59. The van der Waals surface area contributed by atoms with E-state index in [9.17, 15) is 4.39 Å². The minimum absolute atomic E-state index is 0.267. The molecule has 2 aromatic rings. The monoisotopic (exact) mass is 220 g/mol. The summed E-state index contributed by atoms with van der Waals surface area (Å²) >= 11 is 0. The highest BCUT2D eigenvalue weighted by molar-refractivity contribution is 5.91. The molecule has 4 nitrogen and oxygen atoms in total. The molecule has 1 heterocycles. The van der Waals surface area contributed by atoms with Crippen molar-refractivity contribution in [2.75, 3.05) is 5.43 Å². The molecule has 0 spiro atoms. The van der Waals surface area contributed by atoms with Gasteiger partial charge in [-0.2, -0.15) is 0 Å². The number of anilines is 1. The van der Waals surface area contributed by atoms with Gasteiger partial charge in [0.2, 0.25) is 0 Å².